The van der Waals surface area contributed by atoms with Gasteiger partial charge in [0.05, 0.1) is 17.4 Å². The van der Waals surface area contributed by atoms with Crippen molar-refractivity contribution in [2.24, 2.45) is 7.05 Å². The lowest BCUT2D eigenvalue weighted by atomic mass is 10.1. The minimum Gasteiger partial charge on any atom is -0.459 e. The summed E-state index contributed by atoms with van der Waals surface area (Å²) >= 11 is 0. The number of aromatic nitrogens is 2. The maximum Gasteiger partial charge on any atom is 0.136 e. The van der Waals surface area contributed by atoms with E-state index < -0.39 is 0 Å². The second-order valence-electron chi connectivity index (χ2n) is 3.95. The molecule has 0 aliphatic carbocycles. The van der Waals surface area contributed by atoms with Crippen LogP contribution in [-0.4, -0.2) is 14.7 Å². The minimum atomic E-state index is -0.0851. The first-order chi connectivity index (χ1) is 8.29. The zero-order valence-corrected chi connectivity index (χ0v) is 9.42. The van der Waals surface area contributed by atoms with Crippen molar-refractivity contribution in [2.75, 3.05) is 0 Å². The van der Waals surface area contributed by atoms with Crippen LogP contribution in [0.25, 0.3) is 22.4 Å². The van der Waals surface area contributed by atoms with E-state index in [4.69, 9.17) is 9.52 Å². The first kappa shape index (κ1) is 10.1. The summed E-state index contributed by atoms with van der Waals surface area (Å²) in [5, 5.41) is 9.00. The van der Waals surface area contributed by atoms with Crippen molar-refractivity contribution in [3.05, 3.63) is 42.4 Å². The zero-order valence-electron chi connectivity index (χ0n) is 9.42. The molecule has 86 valence electrons. The van der Waals surface area contributed by atoms with Gasteiger partial charge in [-0.25, -0.2) is 4.98 Å². The van der Waals surface area contributed by atoms with Crippen molar-refractivity contribution in [1.82, 2.24) is 9.55 Å². The summed E-state index contributed by atoms with van der Waals surface area (Å²) in [5.41, 5.74) is 2.92. The Bertz CT molecular complexity index is 667. The predicted molar refractivity (Wildman–Crippen MR) is 64.3 cm³/mol. The Hall–Kier alpha value is -2.07. The second-order valence-corrected chi connectivity index (χ2v) is 3.95. The van der Waals surface area contributed by atoms with Crippen LogP contribution in [0.2, 0.25) is 0 Å². The Morgan fingerprint density at radius 1 is 1.29 bits per heavy atom. The summed E-state index contributed by atoms with van der Waals surface area (Å²) in [6.07, 6.45) is 1.78. The summed E-state index contributed by atoms with van der Waals surface area (Å²) in [4.78, 5) is 4.37. The largest absolute Gasteiger partial charge is 0.459 e. The molecule has 4 nitrogen and oxygen atoms in total. The molecule has 1 aromatic carbocycles. The fourth-order valence-electron chi connectivity index (χ4n) is 1.96. The van der Waals surface area contributed by atoms with Crippen LogP contribution < -0.4 is 0 Å². The molecule has 0 aliphatic heterocycles. The van der Waals surface area contributed by atoms with Gasteiger partial charge in [0.2, 0.25) is 0 Å². The first-order valence-corrected chi connectivity index (χ1v) is 5.39. The van der Waals surface area contributed by atoms with Crippen LogP contribution in [0.3, 0.4) is 0 Å². The van der Waals surface area contributed by atoms with Crippen LogP contribution in [-0.2, 0) is 13.7 Å². The second kappa shape index (κ2) is 3.75. The Labute approximate surface area is 98.1 Å². The fourth-order valence-corrected chi connectivity index (χ4v) is 1.96. The Balaban J connectivity index is 2.23. The minimum absolute atomic E-state index is 0.0851. The monoisotopic (exact) mass is 228 g/mol. The number of furan rings is 1. The number of imidazole rings is 1. The molecule has 4 heteroatoms. The van der Waals surface area contributed by atoms with Gasteiger partial charge in [0, 0.05) is 12.6 Å². The van der Waals surface area contributed by atoms with E-state index in [0.717, 1.165) is 22.4 Å². The van der Waals surface area contributed by atoms with Gasteiger partial charge in [-0.15, -0.1) is 0 Å². The highest BCUT2D eigenvalue weighted by Crippen LogP contribution is 2.28. The van der Waals surface area contributed by atoms with Gasteiger partial charge in [-0.3, -0.25) is 0 Å². The average molecular weight is 228 g/mol. The molecule has 0 atom stereocenters. The molecule has 0 saturated carbocycles. The predicted octanol–water partition coefficient (Wildman–Crippen LogP) is 2.33. The number of benzene rings is 1. The van der Waals surface area contributed by atoms with Crippen molar-refractivity contribution >= 4 is 11.0 Å². The normalized spacial score (nSPS) is 11.2. The molecule has 2 aromatic heterocycles. The third-order valence-electron chi connectivity index (χ3n) is 2.84. The van der Waals surface area contributed by atoms with Crippen molar-refractivity contribution in [3.8, 4) is 11.3 Å². The molecule has 0 amide bonds. The molecule has 0 radical (unpaired) electrons. The van der Waals surface area contributed by atoms with Crippen LogP contribution in [0.5, 0.6) is 0 Å². The van der Waals surface area contributed by atoms with Gasteiger partial charge in [-0.2, -0.15) is 0 Å². The summed E-state index contributed by atoms with van der Waals surface area (Å²) in [5.74, 6) is 1.30. The number of para-hydroxylation sites is 1. The molecule has 0 aliphatic rings. The molecular formula is C13H12N2O2. The SMILES string of the molecule is Cn1cnc2c(-c3ccc(CO)o3)cccc21. The van der Waals surface area contributed by atoms with E-state index in [0.29, 0.717) is 5.76 Å². The van der Waals surface area contributed by atoms with E-state index >= 15 is 0 Å². The number of aliphatic hydroxyl groups excluding tert-OH is 1. The maximum atomic E-state index is 9.00. The summed E-state index contributed by atoms with van der Waals surface area (Å²) in [6.45, 7) is -0.0851. The van der Waals surface area contributed by atoms with Gasteiger partial charge in [0.1, 0.15) is 18.1 Å². The molecule has 0 spiro atoms. The van der Waals surface area contributed by atoms with E-state index in [-0.39, 0.29) is 6.61 Å². The molecule has 3 aromatic rings. The number of fused-ring (bicyclic) bond motifs is 1. The maximum absolute atomic E-state index is 9.00. The number of aryl methyl sites for hydroxylation is 1. The zero-order chi connectivity index (χ0) is 11.8. The molecule has 17 heavy (non-hydrogen) atoms. The summed E-state index contributed by atoms with van der Waals surface area (Å²) < 4.78 is 7.50. The standard InChI is InChI=1S/C13H12N2O2/c1-15-8-14-13-10(3-2-4-11(13)15)12-6-5-9(7-16)17-12/h2-6,8,16H,7H2,1H3. The van der Waals surface area contributed by atoms with E-state index in [1.807, 2.05) is 35.9 Å². The van der Waals surface area contributed by atoms with Gasteiger partial charge >= 0.3 is 0 Å². The van der Waals surface area contributed by atoms with Crippen LogP contribution in [0.15, 0.2) is 41.1 Å². The van der Waals surface area contributed by atoms with Gasteiger partial charge in [0.25, 0.3) is 0 Å². The smallest absolute Gasteiger partial charge is 0.136 e. The number of aliphatic hydroxyl groups is 1. The van der Waals surface area contributed by atoms with Gasteiger partial charge < -0.3 is 14.1 Å². The lowest BCUT2D eigenvalue weighted by molar-refractivity contribution is 0.248. The third-order valence-corrected chi connectivity index (χ3v) is 2.84. The van der Waals surface area contributed by atoms with E-state index in [2.05, 4.69) is 4.98 Å². The van der Waals surface area contributed by atoms with E-state index in [1.54, 1.807) is 12.4 Å². The van der Waals surface area contributed by atoms with Crippen LogP contribution in [0.1, 0.15) is 5.76 Å². The highest BCUT2D eigenvalue weighted by atomic mass is 16.4. The van der Waals surface area contributed by atoms with Crippen LogP contribution >= 0.6 is 0 Å². The van der Waals surface area contributed by atoms with E-state index in [9.17, 15) is 0 Å². The number of rotatable bonds is 2. The average Bonchev–Trinajstić information content (AvgIpc) is 2.96. The first-order valence-electron chi connectivity index (χ1n) is 5.39. The summed E-state index contributed by atoms with van der Waals surface area (Å²) in [7, 11) is 1.96. The molecule has 1 N–H and O–H groups in total. The number of hydrogen-bond donors (Lipinski definition) is 1. The highest BCUT2D eigenvalue weighted by Gasteiger charge is 2.10. The van der Waals surface area contributed by atoms with Gasteiger partial charge in [-0.05, 0) is 24.3 Å². The van der Waals surface area contributed by atoms with Crippen molar-refractivity contribution in [1.29, 1.82) is 0 Å². The van der Waals surface area contributed by atoms with Gasteiger partial charge in [-0.1, -0.05) is 6.07 Å². The van der Waals surface area contributed by atoms with Crippen molar-refractivity contribution in [2.45, 2.75) is 6.61 Å². The lowest BCUT2D eigenvalue weighted by Crippen LogP contribution is -1.84. The van der Waals surface area contributed by atoms with E-state index in [1.165, 1.54) is 0 Å². The molecular weight excluding hydrogens is 216 g/mol. The summed E-state index contributed by atoms with van der Waals surface area (Å²) in [6, 6.07) is 9.59. The number of hydrogen-bond acceptors (Lipinski definition) is 3. The molecule has 2 heterocycles. The van der Waals surface area contributed by atoms with Crippen molar-refractivity contribution in [3.63, 3.8) is 0 Å². The highest BCUT2D eigenvalue weighted by molar-refractivity contribution is 5.90. The molecule has 3 rings (SSSR count). The lowest BCUT2D eigenvalue weighted by Gasteiger charge is -1.99. The third kappa shape index (κ3) is 1.54. The molecule has 0 fully saturated rings. The quantitative estimate of drug-likeness (QED) is 0.732. The molecule has 0 saturated heterocycles. The Morgan fingerprint density at radius 2 is 2.18 bits per heavy atom. The van der Waals surface area contributed by atoms with Crippen LogP contribution in [0, 0.1) is 0 Å². The fraction of sp³-hybridized carbons (Fsp3) is 0.154. The van der Waals surface area contributed by atoms with Crippen molar-refractivity contribution < 1.29 is 9.52 Å². The number of nitrogens with zero attached hydrogens (tertiary/aromatic N) is 2. The molecule has 0 bridgehead atoms. The van der Waals surface area contributed by atoms with Gasteiger partial charge in [0.15, 0.2) is 0 Å². The Morgan fingerprint density at radius 3 is 2.94 bits per heavy atom. The van der Waals surface area contributed by atoms with Crippen LogP contribution in [0.4, 0.5) is 0 Å². The Kier molecular flexibility index (Phi) is 2.23. The topological polar surface area (TPSA) is 51.2 Å². The molecule has 0 unspecified atom stereocenters.